The molecule has 9 nitrogen and oxygen atoms in total. The molecule has 0 radical (unpaired) electrons. The Kier molecular flexibility index (Phi) is 9.63. The number of thioether (sulfide) groups is 1. The van der Waals surface area contributed by atoms with E-state index in [4.69, 9.17) is 19.3 Å². The van der Waals surface area contributed by atoms with Crippen molar-refractivity contribution in [2.24, 2.45) is 0 Å². The molecule has 11 heteroatoms. The van der Waals surface area contributed by atoms with E-state index in [1.807, 2.05) is 48.5 Å². The van der Waals surface area contributed by atoms with Crippen LogP contribution in [0, 0.1) is 5.82 Å². The van der Waals surface area contributed by atoms with Crippen molar-refractivity contribution in [2.45, 2.75) is 11.7 Å². The molecule has 1 aliphatic heterocycles. The van der Waals surface area contributed by atoms with Crippen LogP contribution in [0.15, 0.2) is 72.8 Å². The number of fused-ring (bicyclic) bond motifs is 1. The van der Waals surface area contributed by atoms with Crippen LogP contribution in [0.5, 0.6) is 11.5 Å². The van der Waals surface area contributed by atoms with Gasteiger partial charge in [-0.2, -0.15) is 5.10 Å². The van der Waals surface area contributed by atoms with Gasteiger partial charge in [0.05, 0.1) is 36.6 Å². The lowest BCUT2D eigenvalue weighted by molar-refractivity contribution is -0.122. The summed E-state index contributed by atoms with van der Waals surface area (Å²) >= 11 is 1.45. The lowest BCUT2D eigenvalue weighted by Gasteiger charge is -2.23. The minimum Gasteiger partial charge on any atom is -0.493 e. The molecule has 43 heavy (non-hydrogen) atoms. The van der Waals surface area contributed by atoms with Crippen LogP contribution in [0.4, 0.5) is 10.2 Å². The summed E-state index contributed by atoms with van der Waals surface area (Å²) in [6.07, 6.45) is 0.643. The molecule has 0 saturated heterocycles. The Morgan fingerprint density at radius 3 is 2.47 bits per heavy atom. The van der Waals surface area contributed by atoms with Crippen molar-refractivity contribution in [1.82, 2.24) is 15.1 Å². The molecule has 0 bridgehead atoms. The Bertz CT molecular complexity index is 1580. The fraction of sp³-hybridized carbons (Fsp3) is 0.281. The first-order chi connectivity index (χ1) is 20.9. The number of nitrogens with zero attached hydrogens (tertiary/aromatic N) is 3. The number of nitrogens with one attached hydrogen (secondary N) is 1. The molecule has 1 atom stereocenters. The van der Waals surface area contributed by atoms with E-state index in [1.165, 1.54) is 28.8 Å². The van der Waals surface area contributed by atoms with Crippen molar-refractivity contribution in [2.75, 3.05) is 51.7 Å². The van der Waals surface area contributed by atoms with E-state index in [-0.39, 0.29) is 29.4 Å². The lowest BCUT2D eigenvalue weighted by atomic mass is 9.99. The number of anilines is 1. The van der Waals surface area contributed by atoms with E-state index >= 15 is 0 Å². The maximum atomic E-state index is 14.0. The molecule has 2 amide bonds. The number of benzene rings is 3. The molecule has 1 N–H and O–H groups in total. The van der Waals surface area contributed by atoms with E-state index in [2.05, 4.69) is 5.32 Å². The molecule has 3 aromatic carbocycles. The van der Waals surface area contributed by atoms with E-state index in [0.717, 1.165) is 16.7 Å². The molecule has 0 spiro atoms. The van der Waals surface area contributed by atoms with Gasteiger partial charge in [0.25, 0.3) is 0 Å². The van der Waals surface area contributed by atoms with Gasteiger partial charge in [-0.05, 0) is 48.4 Å². The highest BCUT2D eigenvalue weighted by molar-refractivity contribution is 8.00. The monoisotopic (exact) mass is 604 g/mol. The van der Waals surface area contributed by atoms with E-state index in [1.54, 1.807) is 38.1 Å². The average Bonchev–Trinajstić information content (AvgIpc) is 3.36. The Morgan fingerprint density at radius 1 is 1.02 bits per heavy atom. The highest BCUT2D eigenvalue weighted by atomic mass is 32.2. The summed E-state index contributed by atoms with van der Waals surface area (Å²) in [5, 5.41) is 7.54. The van der Waals surface area contributed by atoms with Crippen LogP contribution in [0.25, 0.3) is 16.9 Å². The quantitative estimate of drug-likeness (QED) is 0.240. The second kappa shape index (κ2) is 13.7. The van der Waals surface area contributed by atoms with Gasteiger partial charge in [0.1, 0.15) is 18.2 Å². The minimum atomic E-state index is -0.396. The number of carbonyl (C=O) groups is 2. The van der Waals surface area contributed by atoms with Crippen molar-refractivity contribution in [1.29, 1.82) is 0 Å². The maximum Gasteiger partial charge on any atom is 0.240 e. The Morgan fingerprint density at radius 2 is 1.77 bits per heavy atom. The average molecular weight is 605 g/mol. The number of hydrogen-bond acceptors (Lipinski definition) is 7. The Hall–Kier alpha value is -4.35. The highest BCUT2D eigenvalue weighted by Gasteiger charge is 2.38. The molecule has 0 fully saturated rings. The summed E-state index contributed by atoms with van der Waals surface area (Å²) < 4.78 is 31.8. The zero-order valence-corrected chi connectivity index (χ0v) is 25.0. The zero-order chi connectivity index (χ0) is 30.3. The topological polar surface area (TPSA) is 94.9 Å². The Labute approximate surface area is 253 Å². The van der Waals surface area contributed by atoms with Gasteiger partial charge in [0, 0.05) is 31.4 Å². The molecule has 224 valence electrons. The second-order valence-corrected chi connectivity index (χ2v) is 10.9. The SMILES string of the molecule is COCCCNC(=O)CN1C(=O)CS[C@H](c2ccc(OC)c(OC)c2)c2c(-c3ccccc3)nn(-c3ccc(F)cc3)c21. The van der Waals surface area contributed by atoms with Gasteiger partial charge < -0.3 is 19.5 Å². The third-order valence-electron chi connectivity index (χ3n) is 7.07. The van der Waals surface area contributed by atoms with Gasteiger partial charge in [-0.15, -0.1) is 11.8 Å². The summed E-state index contributed by atoms with van der Waals surface area (Å²) in [6.45, 7) is 0.713. The first kappa shape index (κ1) is 30.1. The summed E-state index contributed by atoms with van der Waals surface area (Å²) in [7, 11) is 4.76. The second-order valence-electron chi connectivity index (χ2n) is 9.82. The number of methoxy groups -OCH3 is 3. The first-order valence-electron chi connectivity index (χ1n) is 13.8. The van der Waals surface area contributed by atoms with Gasteiger partial charge in [0.15, 0.2) is 11.5 Å². The first-order valence-corrected chi connectivity index (χ1v) is 14.8. The minimum absolute atomic E-state index is 0.113. The van der Waals surface area contributed by atoms with Crippen LogP contribution >= 0.6 is 11.8 Å². The molecule has 1 aromatic heterocycles. The molecule has 1 aliphatic rings. The van der Waals surface area contributed by atoms with Crippen LogP contribution in [0.1, 0.15) is 22.8 Å². The molecule has 4 aromatic rings. The van der Waals surface area contributed by atoms with Crippen molar-refractivity contribution in [3.8, 4) is 28.4 Å². The summed E-state index contributed by atoms with van der Waals surface area (Å²) in [4.78, 5) is 28.5. The van der Waals surface area contributed by atoms with Crippen LogP contribution in [-0.2, 0) is 14.3 Å². The van der Waals surface area contributed by atoms with Crippen molar-refractivity contribution in [3.63, 3.8) is 0 Å². The van der Waals surface area contributed by atoms with E-state index in [0.29, 0.717) is 48.3 Å². The standard InChI is InChI=1S/C32H33FN4O5S/c1-40-17-7-16-34-27(38)19-36-28(39)20-43-31(22-10-15-25(41-2)26(18-22)42-3)29-30(21-8-5-4-6-9-21)35-37(32(29)36)24-13-11-23(33)12-14-24/h4-6,8-15,18,31H,7,16-17,19-20H2,1-3H3,(H,34,38)/t31-/m1/s1. The van der Waals surface area contributed by atoms with Crippen molar-refractivity contribution in [3.05, 3.63) is 89.7 Å². The van der Waals surface area contributed by atoms with E-state index < -0.39 is 5.82 Å². The summed E-state index contributed by atoms with van der Waals surface area (Å²) in [5.41, 5.74) is 3.66. The number of halogens is 1. The Balaban J connectivity index is 1.72. The third kappa shape index (κ3) is 6.52. The molecule has 0 saturated carbocycles. The van der Waals surface area contributed by atoms with Crippen LogP contribution < -0.4 is 19.7 Å². The maximum absolute atomic E-state index is 14.0. The lowest BCUT2D eigenvalue weighted by Crippen LogP contribution is -2.42. The molecular formula is C32H33FN4O5S. The van der Waals surface area contributed by atoms with Crippen molar-refractivity contribution < 1.29 is 28.2 Å². The normalized spacial score (nSPS) is 14.7. The predicted molar refractivity (Wildman–Crippen MR) is 165 cm³/mol. The molecule has 0 unspecified atom stereocenters. The van der Waals surface area contributed by atoms with Gasteiger partial charge >= 0.3 is 0 Å². The molecule has 5 rings (SSSR count). The van der Waals surface area contributed by atoms with Gasteiger partial charge in [-0.1, -0.05) is 36.4 Å². The van der Waals surface area contributed by atoms with Crippen LogP contribution in [-0.4, -0.2) is 68.4 Å². The molecule has 2 heterocycles. The fourth-order valence-corrected chi connectivity index (χ4v) is 6.20. The highest BCUT2D eigenvalue weighted by Crippen LogP contribution is 2.49. The molecular weight excluding hydrogens is 571 g/mol. The smallest absolute Gasteiger partial charge is 0.240 e. The summed E-state index contributed by atoms with van der Waals surface area (Å²) in [6, 6.07) is 21.2. The van der Waals surface area contributed by atoms with E-state index in [9.17, 15) is 14.0 Å². The number of rotatable bonds is 11. The molecule has 0 aliphatic carbocycles. The zero-order valence-electron chi connectivity index (χ0n) is 24.2. The third-order valence-corrected chi connectivity index (χ3v) is 8.32. The number of amides is 2. The number of aromatic nitrogens is 2. The van der Waals surface area contributed by atoms with Gasteiger partial charge in [-0.25, -0.2) is 9.07 Å². The predicted octanol–water partition coefficient (Wildman–Crippen LogP) is 5.02. The van der Waals surface area contributed by atoms with Crippen molar-refractivity contribution >= 4 is 29.4 Å². The largest absolute Gasteiger partial charge is 0.493 e. The van der Waals surface area contributed by atoms with Crippen LogP contribution in [0.2, 0.25) is 0 Å². The number of ether oxygens (including phenoxy) is 3. The van der Waals surface area contributed by atoms with Gasteiger partial charge in [0.2, 0.25) is 11.8 Å². The van der Waals surface area contributed by atoms with Gasteiger partial charge in [-0.3, -0.25) is 14.5 Å². The fourth-order valence-electron chi connectivity index (χ4n) is 5.01. The van der Waals surface area contributed by atoms with Crippen LogP contribution in [0.3, 0.4) is 0 Å². The number of hydrogen-bond donors (Lipinski definition) is 1. The summed E-state index contributed by atoms with van der Waals surface area (Å²) in [5.74, 6) is 0.750. The number of carbonyl (C=O) groups excluding carboxylic acids is 2.